The fraction of sp³-hybridized carbons (Fsp3) is 1.00. The molecule has 0 radical (unpaired) electrons. The lowest BCUT2D eigenvalue weighted by atomic mass is 9.77. The fourth-order valence-electron chi connectivity index (χ4n) is 2.66. The minimum atomic E-state index is 0.568. The van der Waals surface area contributed by atoms with Crippen molar-refractivity contribution < 1.29 is 0 Å². The molecule has 1 aliphatic rings. The monoisotopic (exact) mass is 183 g/mol. The molecule has 0 aromatic carbocycles. The van der Waals surface area contributed by atoms with Crippen molar-refractivity contribution in [3.63, 3.8) is 0 Å². The molecule has 1 heteroatoms. The largest absolute Gasteiger partial charge is 0.316 e. The molecule has 0 bridgehead atoms. The fourth-order valence-corrected chi connectivity index (χ4v) is 2.66. The van der Waals surface area contributed by atoms with Gasteiger partial charge in [0.15, 0.2) is 0 Å². The summed E-state index contributed by atoms with van der Waals surface area (Å²) in [4.78, 5) is 0. The molecule has 1 unspecified atom stereocenters. The minimum Gasteiger partial charge on any atom is -0.316 e. The van der Waals surface area contributed by atoms with E-state index in [1.54, 1.807) is 0 Å². The van der Waals surface area contributed by atoms with Gasteiger partial charge in [-0.3, -0.25) is 0 Å². The highest BCUT2D eigenvalue weighted by atomic mass is 14.9. The maximum absolute atomic E-state index is 3.50. The Morgan fingerprint density at radius 3 is 2.69 bits per heavy atom. The first-order chi connectivity index (χ1) is 6.14. The van der Waals surface area contributed by atoms with Crippen LogP contribution < -0.4 is 5.32 Å². The van der Waals surface area contributed by atoms with Gasteiger partial charge in [0.05, 0.1) is 0 Å². The van der Waals surface area contributed by atoms with Crippen LogP contribution in [0.4, 0.5) is 0 Å². The van der Waals surface area contributed by atoms with Crippen LogP contribution in [-0.2, 0) is 0 Å². The first-order valence-corrected chi connectivity index (χ1v) is 5.85. The zero-order chi connectivity index (χ0) is 9.73. The summed E-state index contributed by atoms with van der Waals surface area (Å²) >= 11 is 0. The lowest BCUT2D eigenvalue weighted by Crippen LogP contribution is -2.32. The average molecular weight is 183 g/mol. The second-order valence-corrected chi connectivity index (χ2v) is 5.33. The first-order valence-electron chi connectivity index (χ1n) is 5.85. The predicted molar refractivity (Wildman–Crippen MR) is 58.9 cm³/mol. The van der Waals surface area contributed by atoms with Gasteiger partial charge >= 0.3 is 0 Å². The number of piperidine rings is 1. The Bertz CT molecular complexity index is 134. The van der Waals surface area contributed by atoms with E-state index in [9.17, 15) is 0 Å². The Morgan fingerprint density at radius 1 is 1.38 bits per heavy atom. The van der Waals surface area contributed by atoms with Crippen LogP contribution in [0.5, 0.6) is 0 Å². The quantitative estimate of drug-likeness (QED) is 0.705. The molecule has 1 atom stereocenters. The molecular weight excluding hydrogens is 158 g/mol. The molecule has 0 saturated carbocycles. The molecule has 1 rings (SSSR count). The van der Waals surface area contributed by atoms with Crippen molar-refractivity contribution in [2.45, 2.75) is 52.9 Å². The first kappa shape index (κ1) is 11.0. The Labute approximate surface area is 83.3 Å². The molecule has 1 saturated heterocycles. The van der Waals surface area contributed by atoms with Crippen molar-refractivity contribution in [3.8, 4) is 0 Å². The average Bonchev–Trinajstić information content (AvgIpc) is 2.04. The summed E-state index contributed by atoms with van der Waals surface area (Å²) in [5.41, 5.74) is 0.568. The number of nitrogens with one attached hydrogen (secondary N) is 1. The van der Waals surface area contributed by atoms with Gasteiger partial charge in [0, 0.05) is 0 Å². The minimum absolute atomic E-state index is 0.568. The van der Waals surface area contributed by atoms with Crippen LogP contribution in [0.25, 0.3) is 0 Å². The summed E-state index contributed by atoms with van der Waals surface area (Å²) in [5.74, 6) is 0.940. The third-order valence-electron chi connectivity index (χ3n) is 3.17. The van der Waals surface area contributed by atoms with Gasteiger partial charge in [0.25, 0.3) is 0 Å². The molecular formula is C12H25N. The van der Waals surface area contributed by atoms with Crippen LogP contribution in [0.3, 0.4) is 0 Å². The molecule has 1 aliphatic heterocycles. The van der Waals surface area contributed by atoms with E-state index in [1.165, 1.54) is 45.2 Å². The van der Waals surface area contributed by atoms with E-state index in [1.807, 2.05) is 0 Å². The summed E-state index contributed by atoms with van der Waals surface area (Å²) in [6.07, 6.45) is 6.94. The van der Waals surface area contributed by atoms with Gasteiger partial charge in [-0.25, -0.2) is 0 Å². The lowest BCUT2D eigenvalue weighted by Gasteiger charge is -2.32. The van der Waals surface area contributed by atoms with Crippen LogP contribution in [0.1, 0.15) is 52.9 Å². The van der Waals surface area contributed by atoms with Gasteiger partial charge < -0.3 is 5.32 Å². The Hall–Kier alpha value is -0.0400. The molecule has 0 aliphatic carbocycles. The number of hydrogen-bond donors (Lipinski definition) is 1. The molecule has 1 fully saturated rings. The Balaban J connectivity index is 2.28. The van der Waals surface area contributed by atoms with E-state index in [2.05, 4.69) is 26.1 Å². The SMILES string of the molecule is CCCC(C)(C)CC1CCCNC1. The maximum atomic E-state index is 3.50. The summed E-state index contributed by atoms with van der Waals surface area (Å²) in [6.45, 7) is 9.63. The highest BCUT2D eigenvalue weighted by molar-refractivity contribution is 4.77. The third-order valence-corrected chi connectivity index (χ3v) is 3.17. The van der Waals surface area contributed by atoms with E-state index in [4.69, 9.17) is 0 Å². The molecule has 0 amide bonds. The second kappa shape index (κ2) is 4.99. The Kier molecular flexibility index (Phi) is 4.24. The van der Waals surface area contributed by atoms with Crippen molar-refractivity contribution in [1.82, 2.24) is 5.32 Å². The smallest absolute Gasteiger partial charge is 0.00203 e. The van der Waals surface area contributed by atoms with Gasteiger partial charge in [-0.2, -0.15) is 0 Å². The third kappa shape index (κ3) is 4.12. The molecule has 1 nitrogen and oxygen atoms in total. The van der Waals surface area contributed by atoms with Crippen LogP contribution in [0.2, 0.25) is 0 Å². The molecule has 78 valence electrons. The van der Waals surface area contributed by atoms with Gasteiger partial charge in [-0.05, 0) is 50.1 Å². The normalized spacial score (nSPS) is 24.7. The summed E-state index contributed by atoms with van der Waals surface area (Å²) in [7, 11) is 0. The van der Waals surface area contributed by atoms with Crippen molar-refractivity contribution in [2.24, 2.45) is 11.3 Å². The van der Waals surface area contributed by atoms with Crippen molar-refractivity contribution >= 4 is 0 Å². The molecule has 1 heterocycles. The summed E-state index contributed by atoms with van der Waals surface area (Å²) in [6, 6.07) is 0. The summed E-state index contributed by atoms with van der Waals surface area (Å²) < 4.78 is 0. The van der Waals surface area contributed by atoms with E-state index in [0.717, 1.165) is 5.92 Å². The standard InChI is InChI=1S/C12H25N/c1-4-7-12(2,3)9-11-6-5-8-13-10-11/h11,13H,4-10H2,1-3H3. The highest BCUT2D eigenvalue weighted by Crippen LogP contribution is 2.32. The number of rotatable bonds is 4. The predicted octanol–water partition coefficient (Wildman–Crippen LogP) is 3.20. The van der Waals surface area contributed by atoms with Gasteiger partial charge in [-0.15, -0.1) is 0 Å². The van der Waals surface area contributed by atoms with E-state index in [-0.39, 0.29) is 0 Å². The van der Waals surface area contributed by atoms with Crippen molar-refractivity contribution in [3.05, 3.63) is 0 Å². The van der Waals surface area contributed by atoms with Gasteiger partial charge in [0.2, 0.25) is 0 Å². The zero-order valence-corrected chi connectivity index (χ0v) is 9.53. The van der Waals surface area contributed by atoms with Gasteiger partial charge in [-0.1, -0.05) is 27.2 Å². The van der Waals surface area contributed by atoms with E-state index >= 15 is 0 Å². The van der Waals surface area contributed by atoms with Crippen LogP contribution in [0.15, 0.2) is 0 Å². The van der Waals surface area contributed by atoms with Crippen molar-refractivity contribution in [2.75, 3.05) is 13.1 Å². The Morgan fingerprint density at radius 2 is 2.15 bits per heavy atom. The molecule has 13 heavy (non-hydrogen) atoms. The van der Waals surface area contributed by atoms with E-state index < -0.39 is 0 Å². The number of hydrogen-bond acceptors (Lipinski definition) is 1. The van der Waals surface area contributed by atoms with Crippen LogP contribution in [-0.4, -0.2) is 13.1 Å². The van der Waals surface area contributed by atoms with Crippen LogP contribution >= 0.6 is 0 Å². The highest BCUT2D eigenvalue weighted by Gasteiger charge is 2.23. The summed E-state index contributed by atoms with van der Waals surface area (Å²) in [5, 5.41) is 3.50. The maximum Gasteiger partial charge on any atom is -0.00203 e. The molecule has 0 spiro atoms. The second-order valence-electron chi connectivity index (χ2n) is 5.33. The van der Waals surface area contributed by atoms with Crippen molar-refractivity contribution in [1.29, 1.82) is 0 Å². The topological polar surface area (TPSA) is 12.0 Å². The molecule has 0 aromatic heterocycles. The molecule has 0 aromatic rings. The zero-order valence-electron chi connectivity index (χ0n) is 9.53. The van der Waals surface area contributed by atoms with E-state index in [0.29, 0.717) is 5.41 Å². The van der Waals surface area contributed by atoms with Crippen LogP contribution in [0, 0.1) is 11.3 Å². The lowest BCUT2D eigenvalue weighted by molar-refractivity contribution is 0.217. The van der Waals surface area contributed by atoms with Gasteiger partial charge in [0.1, 0.15) is 0 Å². The molecule has 1 N–H and O–H groups in total.